The van der Waals surface area contributed by atoms with Crippen molar-refractivity contribution in [2.24, 2.45) is 0 Å². The molecule has 2 aromatic carbocycles. The zero-order chi connectivity index (χ0) is 17.1. The lowest BCUT2D eigenvalue weighted by molar-refractivity contribution is -0.120. The van der Waals surface area contributed by atoms with Crippen molar-refractivity contribution in [1.29, 1.82) is 0 Å². The highest BCUT2D eigenvalue weighted by Crippen LogP contribution is 2.29. The van der Waals surface area contributed by atoms with Crippen LogP contribution in [0, 0.1) is 3.57 Å². The highest BCUT2D eigenvalue weighted by molar-refractivity contribution is 14.1. The minimum Gasteiger partial charge on any atom is -0.508 e. The molecule has 2 amide bonds. The molecule has 1 aliphatic rings. The van der Waals surface area contributed by atoms with Crippen molar-refractivity contribution < 1.29 is 14.7 Å². The summed E-state index contributed by atoms with van der Waals surface area (Å²) in [4.78, 5) is 24.2. The predicted molar refractivity (Wildman–Crippen MR) is 98.9 cm³/mol. The van der Waals surface area contributed by atoms with Gasteiger partial charge >= 0.3 is 0 Å². The topological polar surface area (TPSA) is 78.4 Å². The first-order valence-electron chi connectivity index (χ1n) is 7.66. The molecule has 1 aliphatic carbocycles. The molecule has 2 aromatic rings. The van der Waals surface area contributed by atoms with Crippen LogP contribution in [0.25, 0.3) is 0 Å². The summed E-state index contributed by atoms with van der Waals surface area (Å²) in [6.07, 6.45) is 1.30. The Morgan fingerprint density at radius 1 is 1.12 bits per heavy atom. The van der Waals surface area contributed by atoms with Crippen molar-refractivity contribution in [2.45, 2.75) is 18.9 Å². The van der Waals surface area contributed by atoms with Gasteiger partial charge in [0.05, 0.1) is 12.1 Å². The van der Waals surface area contributed by atoms with Crippen LogP contribution in [0.1, 0.15) is 21.5 Å². The monoisotopic (exact) mass is 436 g/mol. The normalized spacial score (nSPS) is 15.6. The first-order chi connectivity index (χ1) is 11.5. The Balaban J connectivity index is 1.52. The maximum atomic E-state index is 12.1. The van der Waals surface area contributed by atoms with E-state index in [1.807, 2.05) is 18.2 Å². The molecule has 0 spiro atoms. The third kappa shape index (κ3) is 3.69. The highest BCUT2D eigenvalue weighted by atomic mass is 127. The Morgan fingerprint density at radius 3 is 2.67 bits per heavy atom. The van der Waals surface area contributed by atoms with E-state index in [4.69, 9.17) is 0 Å². The van der Waals surface area contributed by atoms with Gasteiger partial charge in [-0.2, -0.15) is 0 Å². The molecule has 0 aliphatic heterocycles. The maximum Gasteiger partial charge on any atom is 0.252 e. The Labute approximate surface area is 153 Å². The van der Waals surface area contributed by atoms with Crippen LogP contribution in [0.5, 0.6) is 5.75 Å². The van der Waals surface area contributed by atoms with Crippen molar-refractivity contribution in [3.8, 4) is 5.75 Å². The summed E-state index contributed by atoms with van der Waals surface area (Å²) >= 11 is 2.09. The molecule has 3 N–H and O–H groups in total. The number of carbonyl (C=O) groups is 2. The molecule has 0 saturated carbocycles. The minimum atomic E-state index is -0.262. The van der Waals surface area contributed by atoms with Gasteiger partial charge in [-0.3, -0.25) is 9.59 Å². The third-order valence-corrected chi connectivity index (χ3v) is 5.00. The average molecular weight is 436 g/mol. The van der Waals surface area contributed by atoms with E-state index in [2.05, 4.69) is 33.2 Å². The fraction of sp³-hybridized carbons (Fsp3) is 0.222. The summed E-state index contributed by atoms with van der Waals surface area (Å²) in [7, 11) is 0. The van der Waals surface area contributed by atoms with Crippen molar-refractivity contribution in [1.82, 2.24) is 10.6 Å². The quantitative estimate of drug-likeness (QED) is 0.642. The average Bonchev–Trinajstić information content (AvgIpc) is 2.97. The molecule has 0 radical (unpaired) electrons. The van der Waals surface area contributed by atoms with E-state index >= 15 is 0 Å². The fourth-order valence-electron chi connectivity index (χ4n) is 2.91. The van der Waals surface area contributed by atoms with Gasteiger partial charge in [-0.1, -0.05) is 24.3 Å². The lowest BCUT2D eigenvalue weighted by Gasteiger charge is -2.13. The molecule has 0 unspecified atom stereocenters. The summed E-state index contributed by atoms with van der Waals surface area (Å²) in [6, 6.07) is 12.6. The Bertz CT molecular complexity index is 792. The number of benzene rings is 2. The van der Waals surface area contributed by atoms with Crippen LogP contribution in [0.3, 0.4) is 0 Å². The number of carbonyl (C=O) groups excluding carboxylic acids is 2. The molecule has 124 valence electrons. The van der Waals surface area contributed by atoms with Crippen LogP contribution in [0.2, 0.25) is 0 Å². The molecular weight excluding hydrogens is 419 g/mol. The van der Waals surface area contributed by atoms with Gasteiger partial charge in [0.25, 0.3) is 5.91 Å². The van der Waals surface area contributed by atoms with E-state index in [1.54, 1.807) is 24.3 Å². The van der Waals surface area contributed by atoms with Crippen LogP contribution in [0.15, 0.2) is 42.5 Å². The number of nitrogens with one attached hydrogen (secondary N) is 2. The number of amides is 2. The summed E-state index contributed by atoms with van der Waals surface area (Å²) in [5, 5.41) is 15.4. The largest absolute Gasteiger partial charge is 0.508 e. The van der Waals surface area contributed by atoms with Crippen LogP contribution in [-0.4, -0.2) is 29.5 Å². The number of halogens is 1. The van der Waals surface area contributed by atoms with Crippen molar-refractivity contribution in [3.05, 3.63) is 62.7 Å². The predicted octanol–water partition coefficient (Wildman–Crippen LogP) is 2.01. The second-order valence-corrected chi connectivity index (χ2v) is 6.91. The van der Waals surface area contributed by atoms with Gasteiger partial charge in [0.15, 0.2) is 0 Å². The van der Waals surface area contributed by atoms with E-state index < -0.39 is 0 Å². The second-order valence-electron chi connectivity index (χ2n) is 5.75. The third-order valence-electron chi connectivity index (χ3n) is 4.06. The maximum absolute atomic E-state index is 12.1. The van der Waals surface area contributed by atoms with Crippen molar-refractivity contribution >= 4 is 34.4 Å². The molecule has 0 heterocycles. The Hall–Kier alpha value is -2.09. The summed E-state index contributed by atoms with van der Waals surface area (Å²) < 4.78 is 0.842. The SMILES string of the molecule is O=C(CNC(=O)c1ccccc1I)N[C@H]1Cc2cccc(O)c2C1. The zero-order valence-corrected chi connectivity index (χ0v) is 15.0. The van der Waals surface area contributed by atoms with Gasteiger partial charge in [-0.05, 0) is 64.8 Å². The molecule has 0 aromatic heterocycles. The number of rotatable bonds is 4. The fourth-order valence-corrected chi connectivity index (χ4v) is 3.55. The molecule has 1 atom stereocenters. The summed E-state index contributed by atoms with van der Waals surface area (Å²) in [6.45, 7) is -0.0668. The number of phenolic OH excluding ortho intramolecular Hbond substituents is 1. The first kappa shape index (κ1) is 16.8. The number of hydrogen-bond donors (Lipinski definition) is 3. The van der Waals surface area contributed by atoms with Crippen LogP contribution < -0.4 is 10.6 Å². The molecule has 24 heavy (non-hydrogen) atoms. The Morgan fingerprint density at radius 2 is 1.92 bits per heavy atom. The smallest absolute Gasteiger partial charge is 0.252 e. The van der Waals surface area contributed by atoms with E-state index in [0.717, 1.165) is 14.7 Å². The molecule has 5 nitrogen and oxygen atoms in total. The van der Waals surface area contributed by atoms with Crippen LogP contribution >= 0.6 is 22.6 Å². The number of fused-ring (bicyclic) bond motifs is 1. The molecule has 3 rings (SSSR count). The van der Waals surface area contributed by atoms with E-state index in [-0.39, 0.29) is 30.2 Å². The van der Waals surface area contributed by atoms with Gasteiger partial charge in [-0.15, -0.1) is 0 Å². The zero-order valence-electron chi connectivity index (χ0n) is 12.9. The lowest BCUT2D eigenvalue weighted by atomic mass is 10.1. The lowest BCUT2D eigenvalue weighted by Crippen LogP contribution is -2.42. The molecule has 0 fully saturated rings. The van der Waals surface area contributed by atoms with Crippen molar-refractivity contribution in [3.63, 3.8) is 0 Å². The second kappa shape index (κ2) is 7.21. The molecule has 0 saturated heterocycles. The summed E-state index contributed by atoms with van der Waals surface area (Å²) in [5.74, 6) is -0.217. The number of aromatic hydroxyl groups is 1. The molecule has 0 bridgehead atoms. The molecular formula is C18H17IN2O3. The number of phenols is 1. The standard InChI is InChI=1S/C18H17IN2O3/c19-15-6-2-1-5-13(15)18(24)20-10-17(23)21-12-8-11-4-3-7-16(22)14(11)9-12/h1-7,12,22H,8-10H2,(H,20,24)(H,21,23)/t12-/m0/s1. The van der Waals surface area contributed by atoms with Gasteiger partial charge in [0.1, 0.15) is 5.75 Å². The van der Waals surface area contributed by atoms with Gasteiger partial charge in [0, 0.05) is 9.61 Å². The Kier molecular flexibility index (Phi) is 5.03. The van der Waals surface area contributed by atoms with E-state index in [0.29, 0.717) is 18.4 Å². The number of hydrogen-bond acceptors (Lipinski definition) is 3. The molecule has 6 heteroatoms. The highest BCUT2D eigenvalue weighted by Gasteiger charge is 2.25. The summed E-state index contributed by atoms with van der Waals surface area (Å²) in [5.41, 5.74) is 2.51. The first-order valence-corrected chi connectivity index (χ1v) is 8.74. The minimum absolute atomic E-state index is 0.0467. The van der Waals surface area contributed by atoms with Gasteiger partial charge < -0.3 is 15.7 Å². The van der Waals surface area contributed by atoms with Crippen LogP contribution in [-0.2, 0) is 17.6 Å². The van der Waals surface area contributed by atoms with Gasteiger partial charge in [0.2, 0.25) is 5.91 Å². The van der Waals surface area contributed by atoms with Gasteiger partial charge in [-0.25, -0.2) is 0 Å². The van der Waals surface area contributed by atoms with E-state index in [9.17, 15) is 14.7 Å². The van der Waals surface area contributed by atoms with Crippen molar-refractivity contribution in [2.75, 3.05) is 6.54 Å². The van der Waals surface area contributed by atoms with Crippen LogP contribution in [0.4, 0.5) is 0 Å². The van der Waals surface area contributed by atoms with E-state index in [1.165, 1.54) is 0 Å².